The third kappa shape index (κ3) is 7.37. The van der Waals surface area contributed by atoms with Crippen LogP contribution in [0, 0.1) is 0 Å². The van der Waals surface area contributed by atoms with Gasteiger partial charge in [0.05, 0.1) is 29.1 Å². The van der Waals surface area contributed by atoms with Gasteiger partial charge in [-0.05, 0) is 49.6 Å². The molecule has 0 saturated carbocycles. The Labute approximate surface area is 243 Å². The van der Waals surface area contributed by atoms with Crippen LogP contribution < -0.4 is 40.0 Å². The fourth-order valence-corrected chi connectivity index (χ4v) is 4.61. The number of aromatic nitrogens is 1. The molecule has 0 aliphatic rings. The normalized spacial score (nSPS) is 11.5. The van der Waals surface area contributed by atoms with E-state index in [2.05, 4.69) is 15.2 Å². The second-order valence-corrected chi connectivity index (χ2v) is 9.74. The number of fused-ring (bicyclic) bond motifs is 1. The Balaban J connectivity index is 0.00000400. The van der Waals surface area contributed by atoms with Crippen LogP contribution >= 0.6 is 0 Å². The number of nitrogen functional groups attached to an aromatic ring is 1. The molecule has 0 aliphatic heterocycles. The zero-order valence-corrected chi connectivity index (χ0v) is 23.9. The number of unbranched alkanes of at least 4 members (excludes halogenated alkanes) is 3. The van der Waals surface area contributed by atoms with Gasteiger partial charge in [0, 0.05) is 22.9 Å². The molecule has 3 N–H and O–H groups in total. The van der Waals surface area contributed by atoms with E-state index in [-0.39, 0.29) is 52.9 Å². The SMILES string of the molecule is Nc1c(N=Nc2ccc(-c3ccccc3OCCCCCCO)nc2)cc(S(=O)(=O)[O-])c2ccccc12.[Na+]. The zero-order chi connectivity index (χ0) is 26.3. The van der Waals surface area contributed by atoms with E-state index in [1.807, 2.05) is 24.3 Å². The maximum Gasteiger partial charge on any atom is 1.00 e. The average Bonchev–Trinajstić information content (AvgIpc) is 2.90. The molecule has 4 aromatic rings. The van der Waals surface area contributed by atoms with Crippen LogP contribution in [0.2, 0.25) is 0 Å². The van der Waals surface area contributed by atoms with Gasteiger partial charge in [0.25, 0.3) is 0 Å². The predicted molar refractivity (Wildman–Crippen MR) is 141 cm³/mol. The molecule has 0 amide bonds. The second-order valence-electron chi connectivity index (χ2n) is 8.39. The summed E-state index contributed by atoms with van der Waals surface area (Å²) in [6.07, 6.45) is 5.19. The Bertz CT molecular complexity index is 1510. The molecule has 0 saturated heterocycles. The summed E-state index contributed by atoms with van der Waals surface area (Å²) in [4.78, 5) is 4.08. The summed E-state index contributed by atoms with van der Waals surface area (Å²) in [5.41, 5.74) is 8.45. The van der Waals surface area contributed by atoms with Crippen LogP contribution in [-0.4, -0.2) is 36.3 Å². The van der Waals surface area contributed by atoms with Gasteiger partial charge >= 0.3 is 29.6 Å². The third-order valence-corrected chi connectivity index (χ3v) is 6.67. The molecule has 0 unspecified atom stereocenters. The summed E-state index contributed by atoms with van der Waals surface area (Å²) in [6.45, 7) is 0.784. The van der Waals surface area contributed by atoms with Crippen molar-refractivity contribution in [3.8, 4) is 17.0 Å². The van der Waals surface area contributed by atoms with Crippen molar-refractivity contribution >= 4 is 38.0 Å². The number of azo groups is 1. The fourth-order valence-electron chi connectivity index (χ4n) is 3.91. The summed E-state index contributed by atoms with van der Waals surface area (Å²) in [5, 5.41) is 17.8. The average molecular weight is 543 g/mol. The molecule has 0 spiro atoms. The van der Waals surface area contributed by atoms with Crippen LogP contribution in [0.4, 0.5) is 17.1 Å². The second kappa shape index (κ2) is 13.8. The molecular formula is C27H27N4NaO5S. The minimum Gasteiger partial charge on any atom is -0.744 e. The van der Waals surface area contributed by atoms with Crippen molar-refractivity contribution in [2.45, 2.75) is 30.6 Å². The van der Waals surface area contributed by atoms with E-state index in [1.54, 1.807) is 30.3 Å². The van der Waals surface area contributed by atoms with E-state index in [9.17, 15) is 13.0 Å². The Hall–Kier alpha value is -2.86. The van der Waals surface area contributed by atoms with Crippen LogP contribution in [-0.2, 0) is 10.1 Å². The number of nitrogens with two attached hydrogens (primary N) is 1. The van der Waals surface area contributed by atoms with E-state index in [1.165, 1.54) is 12.3 Å². The molecule has 38 heavy (non-hydrogen) atoms. The van der Waals surface area contributed by atoms with Gasteiger partial charge in [-0.2, -0.15) is 0 Å². The number of aliphatic hydroxyl groups excluding tert-OH is 1. The first-order valence-corrected chi connectivity index (χ1v) is 13.3. The number of pyridine rings is 1. The largest absolute Gasteiger partial charge is 1.00 e. The molecule has 0 fully saturated rings. The van der Waals surface area contributed by atoms with Gasteiger partial charge in [-0.15, -0.1) is 10.2 Å². The van der Waals surface area contributed by atoms with Gasteiger partial charge in [-0.3, -0.25) is 4.98 Å². The summed E-state index contributed by atoms with van der Waals surface area (Å²) in [5.74, 6) is 0.724. The predicted octanol–water partition coefficient (Wildman–Crippen LogP) is 2.74. The maximum absolute atomic E-state index is 11.8. The molecule has 11 heteroatoms. The Kier molecular flexibility index (Phi) is 10.8. The molecule has 1 heterocycles. The summed E-state index contributed by atoms with van der Waals surface area (Å²) in [7, 11) is -4.75. The topological polar surface area (TPSA) is 150 Å². The van der Waals surface area contributed by atoms with Crippen LogP contribution in [0.5, 0.6) is 5.75 Å². The Morgan fingerprint density at radius 3 is 2.34 bits per heavy atom. The van der Waals surface area contributed by atoms with Gasteiger partial charge in [0.2, 0.25) is 0 Å². The number of benzene rings is 3. The summed E-state index contributed by atoms with van der Waals surface area (Å²) >= 11 is 0. The number of aliphatic hydroxyl groups is 1. The first kappa shape index (κ1) is 29.7. The fraction of sp³-hybridized carbons (Fsp3) is 0.222. The number of hydrogen-bond acceptors (Lipinski definition) is 9. The first-order valence-electron chi connectivity index (χ1n) is 11.9. The quantitative estimate of drug-likeness (QED) is 0.0972. The minimum absolute atomic E-state index is 0. The number of rotatable bonds is 11. The van der Waals surface area contributed by atoms with Gasteiger partial charge in [0.15, 0.2) is 0 Å². The molecule has 0 radical (unpaired) electrons. The van der Waals surface area contributed by atoms with E-state index >= 15 is 0 Å². The molecule has 4 rings (SSSR count). The van der Waals surface area contributed by atoms with E-state index in [4.69, 9.17) is 15.6 Å². The number of para-hydroxylation sites is 1. The summed E-state index contributed by atoms with van der Waals surface area (Å²) in [6, 6.07) is 18.8. The number of ether oxygens (including phenoxy) is 1. The molecule has 1 aromatic heterocycles. The van der Waals surface area contributed by atoms with Crippen molar-refractivity contribution in [1.29, 1.82) is 0 Å². The monoisotopic (exact) mass is 542 g/mol. The zero-order valence-electron chi connectivity index (χ0n) is 21.1. The number of nitrogens with zero attached hydrogens (tertiary/aromatic N) is 3. The van der Waals surface area contributed by atoms with E-state index in [0.29, 0.717) is 23.4 Å². The van der Waals surface area contributed by atoms with Crippen LogP contribution in [0.25, 0.3) is 22.0 Å². The van der Waals surface area contributed by atoms with E-state index < -0.39 is 15.0 Å². The van der Waals surface area contributed by atoms with Crippen molar-refractivity contribution < 1.29 is 52.4 Å². The smallest absolute Gasteiger partial charge is 0.744 e. The van der Waals surface area contributed by atoms with Crippen LogP contribution in [0.3, 0.4) is 0 Å². The van der Waals surface area contributed by atoms with Gasteiger partial charge in [-0.25, -0.2) is 8.42 Å². The third-order valence-electron chi connectivity index (χ3n) is 5.79. The standard InChI is InChI=1S/C27H28N4O5S.Na/c28-27-21-10-4-3-9-20(21)26(37(33,34)35)17-24(27)31-30-19-13-14-23(29-18-19)22-11-5-6-12-25(22)36-16-8-2-1-7-15-32;/h3-6,9-14,17-18,32H,1-2,7-8,15-16,28H2,(H,33,34,35);/q;+1/p-1. The molecular weight excluding hydrogens is 515 g/mol. The molecule has 0 aliphatic carbocycles. The number of hydrogen-bond donors (Lipinski definition) is 2. The van der Waals surface area contributed by atoms with Crippen LogP contribution in [0.1, 0.15) is 25.7 Å². The van der Waals surface area contributed by atoms with Crippen LogP contribution in [0.15, 0.2) is 88.1 Å². The van der Waals surface area contributed by atoms with Crippen molar-refractivity contribution in [1.82, 2.24) is 4.98 Å². The number of anilines is 1. The molecule has 0 bridgehead atoms. The maximum atomic E-state index is 11.8. The molecule has 9 nitrogen and oxygen atoms in total. The van der Waals surface area contributed by atoms with Crippen molar-refractivity contribution in [3.63, 3.8) is 0 Å². The Morgan fingerprint density at radius 2 is 1.63 bits per heavy atom. The van der Waals surface area contributed by atoms with E-state index in [0.717, 1.165) is 43.1 Å². The van der Waals surface area contributed by atoms with Gasteiger partial charge < -0.3 is 20.1 Å². The van der Waals surface area contributed by atoms with Crippen molar-refractivity contribution in [2.75, 3.05) is 18.9 Å². The van der Waals surface area contributed by atoms with Gasteiger partial charge in [-0.1, -0.05) is 42.8 Å². The first-order chi connectivity index (χ1) is 17.9. The minimum atomic E-state index is -4.75. The van der Waals surface area contributed by atoms with Crippen molar-refractivity contribution in [2.24, 2.45) is 10.2 Å². The molecule has 0 atom stereocenters. The molecule has 3 aromatic carbocycles. The van der Waals surface area contributed by atoms with Gasteiger partial charge in [0.1, 0.15) is 27.2 Å². The summed E-state index contributed by atoms with van der Waals surface area (Å²) < 4.78 is 41.4. The Morgan fingerprint density at radius 1 is 0.921 bits per heavy atom. The molecule has 192 valence electrons. The van der Waals surface area contributed by atoms with Crippen molar-refractivity contribution in [3.05, 3.63) is 72.9 Å².